The number of H-pyrrole nitrogens is 1. The highest BCUT2D eigenvalue weighted by Gasteiger charge is 2.24. The van der Waals surface area contributed by atoms with Crippen molar-refractivity contribution in [1.29, 1.82) is 0 Å². The Morgan fingerprint density at radius 2 is 2.05 bits per heavy atom. The van der Waals surface area contributed by atoms with Crippen LogP contribution in [-0.2, 0) is 0 Å². The normalized spacial score (nSPS) is 15.6. The van der Waals surface area contributed by atoms with E-state index in [2.05, 4.69) is 25.9 Å². The molecule has 0 saturated heterocycles. The molecule has 0 spiro atoms. The Morgan fingerprint density at radius 3 is 2.76 bits per heavy atom. The highest BCUT2D eigenvalue weighted by molar-refractivity contribution is 9.10. The van der Waals surface area contributed by atoms with Crippen molar-refractivity contribution in [3.63, 3.8) is 0 Å². The van der Waals surface area contributed by atoms with Crippen molar-refractivity contribution in [1.82, 2.24) is 9.97 Å². The molecule has 2 aromatic rings. The molecule has 1 saturated carbocycles. The van der Waals surface area contributed by atoms with E-state index in [-0.39, 0.29) is 27.9 Å². The molecule has 0 bridgehead atoms. The van der Waals surface area contributed by atoms with Gasteiger partial charge in [0.1, 0.15) is 10.3 Å². The molecule has 3 nitrogen and oxygen atoms in total. The van der Waals surface area contributed by atoms with Crippen molar-refractivity contribution in [2.45, 2.75) is 31.6 Å². The van der Waals surface area contributed by atoms with E-state index in [0.29, 0.717) is 10.2 Å². The van der Waals surface area contributed by atoms with Gasteiger partial charge in [0.25, 0.3) is 5.56 Å². The lowest BCUT2D eigenvalue weighted by atomic mass is 10.0. The molecule has 1 aromatic heterocycles. The number of hydrogen-bond acceptors (Lipinski definition) is 2. The topological polar surface area (TPSA) is 45.8 Å². The fourth-order valence-corrected chi connectivity index (χ4v) is 3.45. The van der Waals surface area contributed by atoms with E-state index in [4.69, 9.17) is 11.6 Å². The minimum atomic E-state index is -0.568. The van der Waals surface area contributed by atoms with Gasteiger partial charge in [0.05, 0.1) is 16.3 Å². The molecule has 1 aliphatic carbocycles. The first-order chi connectivity index (χ1) is 10.1. The third-order valence-corrected chi connectivity index (χ3v) is 4.90. The van der Waals surface area contributed by atoms with Gasteiger partial charge in [-0.1, -0.05) is 30.5 Å². The fourth-order valence-electron chi connectivity index (χ4n) is 2.76. The molecular formula is C15H13BrClFN2O. The summed E-state index contributed by atoms with van der Waals surface area (Å²) in [7, 11) is 0. The second-order valence-corrected chi connectivity index (χ2v) is 6.40. The van der Waals surface area contributed by atoms with E-state index >= 15 is 0 Å². The van der Waals surface area contributed by atoms with Crippen LogP contribution in [0.1, 0.15) is 37.3 Å². The van der Waals surface area contributed by atoms with Gasteiger partial charge in [0.2, 0.25) is 0 Å². The van der Waals surface area contributed by atoms with Crippen LogP contribution in [0.4, 0.5) is 4.39 Å². The predicted octanol–water partition coefficient (Wildman–Crippen LogP) is 4.65. The first kappa shape index (κ1) is 14.7. The predicted molar refractivity (Wildman–Crippen MR) is 84.2 cm³/mol. The van der Waals surface area contributed by atoms with Crippen molar-refractivity contribution in [3.8, 4) is 11.4 Å². The maximum absolute atomic E-state index is 14.1. The number of rotatable bonds is 2. The van der Waals surface area contributed by atoms with Crippen LogP contribution in [-0.4, -0.2) is 9.97 Å². The van der Waals surface area contributed by atoms with Crippen molar-refractivity contribution in [3.05, 3.63) is 49.6 Å². The van der Waals surface area contributed by atoms with E-state index in [0.717, 1.165) is 25.7 Å². The van der Waals surface area contributed by atoms with Gasteiger partial charge in [-0.05, 0) is 40.9 Å². The van der Waals surface area contributed by atoms with Crippen LogP contribution in [0, 0.1) is 5.82 Å². The molecule has 21 heavy (non-hydrogen) atoms. The number of benzene rings is 1. The number of hydrogen-bond donors (Lipinski definition) is 1. The Hall–Kier alpha value is -1.20. The summed E-state index contributed by atoms with van der Waals surface area (Å²) in [5.41, 5.74) is 0.637. The largest absolute Gasteiger partial charge is 0.305 e. The quantitative estimate of drug-likeness (QED) is 0.835. The summed E-state index contributed by atoms with van der Waals surface area (Å²) in [5.74, 6) is -0.0882. The van der Waals surface area contributed by atoms with Crippen LogP contribution in [0.25, 0.3) is 11.4 Å². The molecule has 0 unspecified atom stereocenters. The molecule has 1 aliphatic rings. The van der Waals surface area contributed by atoms with Gasteiger partial charge in [-0.2, -0.15) is 0 Å². The lowest BCUT2D eigenvalue weighted by Crippen LogP contribution is -2.15. The van der Waals surface area contributed by atoms with Gasteiger partial charge in [-0.3, -0.25) is 4.79 Å². The molecule has 1 aromatic carbocycles. The zero-order chi connectivity index (χ0) is 15.0. The van der Waals surface area contributed by atoms with E-state index < -0.39 is 5.82 Å². The van der Waals surface area contributed by atoms with Crippen molar-refractivity contribution < 1.29 is 4.39 Å². The number of nitrogens with one attached hydrogen (secondary N) is 1. The summed E-state index contributed by atoms with van der Waals surface area (Å²) in [6.07, 6.45) is 4.28. The van der Waals surface area contributed by atoms with Crippen LogP contribution in [0.3, 0.4) is 0 Å². The molecule has 1 fully saturated rings. The Morgan fingerprint density at radius 1 is 1.33 bits per heavy atom. The van der Waals surface area contributed by atoms with Gasteiger partial charge >= 0.3 is 0 Å². The molecule has 0 aliphatic heterocycles. The Kier molecular flexibility index (Phi) is 4.13. The Labute approximate surface area is 134 Å². The maximum atomic E-state index is 14.1. The average molecular weight is 372 g/mol. The lowest BCUT2D eigenvalue weighted by molar-refractivity contribution is 0.629. The number of aromatic nitrogens is 2. The smallest absolute Gasteiger partial charge is 0.265 e. The van der Waals surface area contributed by atoms with E-state index in [9.17, 15) is 9.18 Å². The van der Waals surface area contributed by atoms with Crippen LogP contribution in [0.15, 0.2) is 27.5 Å². The minimum absolute atomic E-state index is 0.0143. The molecule has 0 atom stereocenters. The zero-order valence-corrected chi connectivity index (χ0v) is 13.5. The summed E-state index contributed by atoms with van der Waals surface area (Å²) in [6.45, 7) is 0. The molecule has 1 heterocycles. The second-order valence-electron chi connectivity index (χ2n) is 5.20. The summed E-state index contributed by atoms with van der Waals surface area (Å²) < 4.78 is 14.6. The molecule has 3 rings (SSSR count). The first-order valence-corrected chi connectivity index (χ1v) is 7.99. The van der Waals surface area contributed by atoms with Crippen molar-refractivity contribution >= 4 is 27.5 Å². The SMILES string of the molecule is O=c1[nH]c(-c2cccc(Cl)c2F)nc(C2CCCC2)c1Br. The van der Waals surface area contributed by atoms with Crippen molar-refractivity contribution in [2.24, 2.45) is 0 Å². The monoisotopic (exact) mass is 370 g/mol. The molecule has 0 radical (unpaired) electrons. The van der Waals surface area contributed by atoms with Gasteiger partial charge in [-0.25, -0.2) is 9.37 Å². The van der Waals surface area contributed by atoms with Crippen molar-refractivity contribution in [2.75, 3.05) is 0 Å². The Balaban J connectivity index is 2.15. The molecular weight excluding hydrogens is 359 g/mol. The van der Waals surface area contributed by atoms with Crippen LogP contribution in [0.5, 0.6) is 0 Å². The molecule has 110 valence electrons. The average Bonchev–Trinajstić information content (AvgIpc) is 2.99. The summed E-state index contributed by atoms with van der Waals surface area (Å²) in [4.78, 5) is 19.2. The van der Waals surface area contributed by atoms with E-state index in [1.807, 2.05) is 0 Å². The third kappa shape index (κ3) is 2.77. The third-order valence-electron chi connectivity index (χ3n) is 3.84. The number of nitrogens with zero attached hydrogens (tertiary/aromatic N) is 1. The zero-order valence-electron chi connectivity index (χ0n) is 11.1. The lowest BCUT2D eigenvalue weighted by Gasteiger charge is -2.12. The molecule has 1 N–H and O–H groups in total. The van der Waals surface area contributed by atoms with Crippen LogP contribution in [0.2, 0.25) is 5.02 Å². The van der Waals surface area contributed by atoms with Crippen LogP contribution >= 0.6 is 27.5 Å². The second kappa shape index (κ2) is 5.89. The number of aromatic amines is 1. The van der Waals surface area contributed by atoms with Gasteiger partial charge in [0.15, 0.2) is 5.82 Å². The van der Waals surface area contributed by atoms with Gasteiger partial charge in [-0.15, -0.1) is 0 Å². The van der Waals surface area contributed by atoms with Gasteiger partial charge < -0.3 is 4.98 Å². The number of halogens is 3. The highest BCUT2D eigenvalue weighted by atomic mass is 79.9. The van der Waals surface area contributed by atoms with Crippen LogP contribution < -0.4 is 5.56 Å². The minimum Gasteiger partial charge on any atom is -0.305 e. The highest BCUT2D eigenvalue weighted by Crippen LogP contribution is 2.36. The Bertz CT molecular complexity index is 741. The fraction of sp³-hybridized carbons (Fsp3) is 0.333. The maximum Gasteiger partial charge on any atom is 0.265 e. The van der Waals surface area contributed by atoms with Gasteiger partial charge in [0, 0.05) is 5.92 Å². The first-order valence-electron chi connectivity index (χ1n) is 6.82. The molecule has 0 amide bonds. The summed E-state index contributed by atoms with van der Waals surface area (Å²) in [5, 5.41) is 0.0143. The van der Waals surface area contributed by atoms with E-state index in [1.54, 1.807) is 12.1 Å². The summed E-state index contributed by atoms with van der Waals surface area (Å²) >= 11 is 9.10. The molecule has 6 heteroatoms. The van der Waals surface area contributed by atoms with E-state index in [1.165, 1.54) is 6.07 Å². The standard InChI is InChI=1S/C15H13BrClFN2O/c16-11-13(8-4-1-2-5-8)19-14(20-15(11)21)9-6-3-7-10(17)12(9)18/h3,6-8H,1-2,4-5H2,(H,19,20,21). The summed E-state index contributed by atoms with van der Waals surface area (Å²) in [6, 6.07) is 4.67.